The Labute approximate surface area is 118 Å². The number of hydrogen-bond donors (Lipinski definition) is 1. The van der Waals surface area contributed by atoms with E-state index in [1.165, 1.54) is 45.2 Å². The molecular weight excluding hydrogens is 236 g/mol. The fourth-order valence-electron chi connectivity index (χ4n) is 2.21. The highest BCUT2D eigenvalue weighted by Crippen LogP contribution is 2.07. The quantitative estimate of drug-likeness (QED) is 0.585. The van der Waals surface area contributed by atoms with Gasteiger partial charge in [-0.3, -0.25) is 4.90 Å². The number of rotatable bonds is 12. The normalized spacial score (nSPS) is 11.3. The molecule has 0 aliphatic rings. The lowest BCUT2D eigenvalue weighted by atomic mass is 10.2. The largest absolute Gasteiger partial charge is 0.468 e. The zero-order valence-corrected chi connectivity index (χ0v) is 12.7. The Balaban J connectivity index is 1.97. The number of unbranched alkanes of at least 4 members (excludes halogenated alkanes) is 3. The molecule has 0 atom stereocenters. The van der Waals surface area contributed by atoms with Crippen molar-refractivity contribution in [1.29, 1.82) is 0 Å². The average molecular weight is 266 g/mol. The summed E-state index contributed by atoms with van der Waals surface area (Å²) >= 11 is 0. The van der Waals surface area contributed by atoms with E-state index in [1.807, 2.05) is 6.07 Å². The van der Waals surface area contributed by atoms with E-state index in [1.54, 1.807) is 6.26 Å². The molecule has 1 heterocycles. The number of nitrogens with one attached hydrogen (secondary N) is 1. The summed E-state index contributed by atoms with van der Waals surface area (Å²) in [5, 5.41) is 3.45. The lowest BCUT2D eigenvalue weighted by Gasteiger charge is -2.18. The molecule has 0 bridgehead atoms. The van der Waals surface area contributed by atoms with Crippen LogP contribution in [0.1, 0.15) is 51.7 Å². The van der Waals surface area contributed by atoms with Gasteiger partial charge in [-0.1, -0.05) is 26.7 Å². The Bertz CT molecular complexity index is 285. The van der Waals surface area contributed by atoms with Crippen LogP contribution in [0.25, 0.3) is 0 Å². The smallest absolute Gasteiger partial charge is 0.117 e. The lowest BCUT2D eigenvalue weighted by Crippen LogP contribution is -2.23. The average Bonchev–Trinajstić information content (AvgIpc) is 2.93. The minimum Gasteiger partial charge on any atom is -0.468 e. The molecule has 0 aromatic carbocycles. The van der Waals surface area contributed by atoms with Crippen LogP contribution in [-0.2, 0) is 6.54 Å². The van der Waals surface area contributed by atoms with Gasteiger partial charge in [0.25, 0.3) is 0 Å². The van der Waals surface area contributed by atoms with Gasteiger partial charge in [0.1, 0.15) is 5.76 Å². The van der Waals surface area contributed by atoms with Crippen molar-refractivity contribution in [3.8, 4) is 0 Å². The molecule has 3 nitrogen and oxygen atoms in total. The van der Waals surface area contributed by atoms with Gasteiger partial charge in [-0.05, 0) is 57.6 Å². The summed E-state index contributed by atoms with van der Waals surface area (Å²) in [6, 6.07) is 4.02. The molecule has 0 amide bonds. The second-order valence-corrected chi connectivity index (χ2v) is 5.11. The van der Waals surface area contributed by atoms with Gasteiger partial charge >= 0.3 is 0 Å². The van der Waals surface area contributed by atoms with Gasteiger partial charge < -0.3 is 9.73 Å². The van der Waals surface area contributed by atoms with Crippen LogP contribution in [-0.4, -0.2) is 31.1 Å². The number of hydrogen-bond acceptors (Lipinski definition) is 3. The van der Waals surface area contributed by atoms with E-state index in [0.717, 1.165) is 25.4 Å². The van der Waals surface area contributed by atoms with Crippen LogP contribution >= 0.6 is 0 Å². The summed E-state index contributed by atoms with van der Waals surface area (Å²) in [5.74, 6) is 1.07. The van der Waals surface area contributed by atoms with E-state index in [4.69, 9.17) is 4.42 Å². The van der Waals surface area contributed by atoms with Crippen molar-refractivity contribution >= 4 is 0 Å². The second kappa shape index (κ2) is 11.1. The standard InChI is InChI=1S/C16H30N2O/c1-3-11-17-12-7-5-6-8-13-18(4-2)15-16-10-9-14-19-16/h9-10,14,17H,3-8,11-13,15H2,1-2H3. The van der Waals surface area contributed by atoms with Crippen LogP contribution in [0.4, 0.5) is 0 Å². The van der Waals surface area contributed by atoms with Gasteiger partial charge in [-0.25, -0.2) is 0 Å². The third-order valence-corrected chi connectivity index (χ3v) is 3.41. The van der Waals surface area contributed by atoms with E-state index in [2.05, 4.69) is 30.1 Å². The maximum atomic E-state index is 5.40. The minimum absolute atomic E-state index is 0.946. The fourth-order valence-corrected chi connectivity index (χ4v) is 2.21. The topological polar surface area (TPSA) is 28.4 Å². The van der Waals surface area contributed by atoms with Crippen LogP contribution in [0.15, 0.2) is 22.8 Å². The third-order valence-electron chi connectivity index (χ3n) is 3.41. The van der Waals surface area contributed by atoms with Crippen molar-refractivity contribution in [3.63, 3.8) is 0 Å². The molecule has 1 aromatic rings. The summed E-state index contributed by atoms with van der Waals surface area (Å²) < 4.78 is 5.40. The second-order valence-electron chi connectivity index (χ2n) is 5.11. The molecule has 0 spiro atoms. The van der Waals surface area contributed by atoms with E-state index in [9.17, 15) is 0 Å². The molecular formula is C16H30N2O. The van der Waals surface area contributed by atoms with Crippen molar-refractivity contribution in [2.75, 3.05) is 26.2 Å². The first-order valence-electron chi connectivity index (χ1n) is 7.82. The van der Waals surface area contributed by atoms with Gasteiger partial charge in [0.15, 0.2) is 0 Å². The Kier molecular flexibility index (Phi) is 9.46. The summed E-state index contributed by atoms with van der Waals surface area (Å²) in [6.45, 7) is 9.99. The first-order valence-corrected chi connectivity index (χ1v) is 7.82. The highest BCUT2D eigenvalue weighted by molar-refractivity contribution is 4.97. The van der Waals surface area contributed by atoms with Crippen LogP contribution in [0.3, 0.4) is 0 Å². The van der Waals surface area contributed by atoms with E-state index in [0.29, 0.717) is 0 Å². The van der Waals surface area contributed by atoms with Gasteiger partial charge in [0, 0.05) is 0 Å². The monoisotopic (exact) mass is 266 g/mol. The van der Waals surface area contributed by atoms with Gasteiger partial charge in [-0.15, -0.1) is 0 Å². The molecule has 0 aliphatic carbocycles. The predicted octanol–water partition coefficient (Wildman–Crippen LogP) is 3.66. The lowest BCUT2D eigenvalue weighted by molar-refractivity contribution is 0.250. The van der Waals surface area contributed by atoms with Crippen molar-refractivity contribution in [1.82, 2.24) is 10.2 Å². The first-order chi connectivity index (χ1) is 9.36. The highest BCUT2D eigenvalue weighted by Gasteiger charge is 2.04. The highest BCUT2D eigenvalue weighted by atomic mass is 16.3. The Morgan fingerprint density at radius 1 is 1.11 bits per heavy atom. The zero-order valence-electron chi connectivity index (χ0n) is 12.7. The Morgan fingerprint density at radius 2 is 1.95 bits per heavy atom. The van der Waals surface area contributed by atoms with E-state index >= 15 is 0 Å². The number of furan rings is 1. The van der Waals surface area contributed by atoms with Crippen molar-refractivity contribution in [2.45, 2.75) is 52.5 Å². The Hall–Kier alpha value is -0.800. The molecule has 0 saturated heterocycles. The molecule has 0 saturated carbocycles. The van der Waals surface area contributed by atoms with Crippen molar-refractivity contribution in [2.24, 2.45) is 0 Å². The summed E-state index contributed by atoms with van der Waals surface area (Å²) in [6.07, 6.45) is 8.27. The van der Waals surface area contributed by atoms with Gasteiger partial charge in [0.2, 0.25) is 0 Å². The fraction of sp³-hybridized carbons (Fsp3) is 0.750. The van der Waals surface area contributed by atoms with Gasteiger partial charge in [-0.2, -0.15) is 0 Å². The predicted molar refractivity (Wildman–Crippen MR) is 81.3 cm³/mol. The molecule has 110 valence electrons. The Morgan fingerprint density at radius 3 is 2.63 bits per heavy atom. The van der Waals surface area contributed by atoms with E-state index < -0.39 is 0 Å². The van der Waals surface area contributed by atoms with Crippen LogP contribution < -0.4 is 5.32 Å². The maximum Gasteiger partial charge on any atom is 0.117 e. The molecule has 0 aliphatic heterocycles. The van der Waals surface area contributed by atoms with Crippen molar-refractivity contribution in [3.05, 3.63) is 24.2 Å². The molecule has 1 aromatic heterocycles. The summed E-state index contributed by atoms with van der Waals surface area (Å²) in [4.78, 5) is 2.45. The maximum absolute atomic E-state index is 5.40. The number of nitrogens with zero attached hydrogens (tertiary/aromatic N) is 1. The summed E-state index contributed by atoms with van der Waals surface area (Å²) in [5.41, 5.74) is 0. The first kappa shape index (κ1) is 16.3. The molecule has 1 N–H and O–H groups in total. The van der Waals surface area contributed by atoms with Crippen molar-refractivity contribution < 1.29 is 4.42 Å². The zero-order chi connectivity index (χ0) is 13.8. The van der Waals surface area contributed by atoms with Crippen LogP contribution in [0.5, 0.6) is 0 Å². The minimum atomic E-state index is 0.946. The SMILES string of the molecule is CCCNCCCCCCN(CC)Cc1ccco1. The molecule has 19 heavy (non-hydrogen) atoms. The molecule has 0 unspecified atom stereocenters. The van der Waals surface area contributed by atoms with Gasteiger partial charge in [0.05, 0.1) is 12.8 Å². The molecule has 0 radical (unpaired) electrons. The van der Waals surface area contributed by atoms with E-state index in [-0.39, 0.29) is 0 Å². The third kappa shape index (κ3) is 8.06. The molecule has 1 rings (SSSR count). The molecule has 3 heteroatoms. The van der Waals surface area contributed by atoms with Crippen LogP contribution in [0, 0.1) is 0 Å². The molecule has 0 fully saturated rings. The van der Waals surface area contributed by atoms with Crippen LogP contribution in [0.2, 0.25) is 0 Å². The summed E-state index contributed by atoms with van der Waals surface area (Å²) in [7, 11) is 0.